The zero-order valence-corrected chi connectivity index (χ0v) is 19.9. The first kappa shape index (κ1) is 23.6. The SMILES string of the molecule is COCCCn1c(SCC(O)COc2ccc3ccccc3c2)nnc1-c1ccccc1Cl. The van der Waals surface area contributed by atoms with Crippen molar-refractivity contribution in [2.75, 3.05) is 26.1 Å². The van der Waals surface area contributed by atoms with Crippen LogP contribution < -0.4 is 4.74 Å². The van der Waals surface area contributed by atoms with Gasteiger partial charge in [-0.3, -0.25) is 0 Å². The number of aromatic nitrogens is 3. The molecule has 6 nitrogen and oxygen atoms in total. The number of rotatable bonds is 11. The molecule has 33 heavy (non-hydrogen) atoms. The maximum absolute atomic E-state index is 10.5. The van der Waals surface area contributed by atoms with Gasteiger partial charge in [0.05, 0.1) is 11.1 Å². The van der Waals surface area contributed by atoms with Crippen molar-refractivity contribution in [1.29, 1.82) is 0 Å². The van der Waals surface area contributed by atoms with E-state index in [1.807, 2.05) is 65.2 Å². The molecule has 0 saturated carbocycles. The molecule has 1 aromatic heterocycles. The Hall–Kier alpha value is -2.58. The molecule has 0 fully saturated rings. The van der Waals surface area contributed by atoms with Gasteiger partial charge in [0, 0.05) is 31.6 Å². The molecule has 4 rings (SSSR count). The van der Waals surface area contributed by atoms with Crippen LogP contribution in [0.25, 0.3) is 22.2 Å². The van der Waals surface area contributed by atoms with E-state index in [1.165, 1.54) is 11.8 Å². The number of methoxy groups -OCH3 is 1. The Morgan fingerprint density at radius 2 is 1.82 bits per heavy atom. The van der Waals surface area contributed by atoms with Crippen LogP contribution in [-0.2, 0) is 11.3 Å². The molecule has 1 heterocycles. The lowest BCUT2D eigenvalue weighted by Gasteiger charge is -2.14. The highest BCUT2D eigenvalue weighted by molar-refractivity contribution is 7.99. The highest BCUT2D eigenvalue weighted by Crippen LogP contribution is 2.30. The van der Waals surface area contributed by atoms with E-state index in [1.54, 1.807) is 7.11 Å². The minimum atomic E-state index is -0.658. The smallest absolute Gasteiger partial charge is 0.191 e. The van der Waals surface area contributed by atoms with Crippen molar-refractivity contribution < 1.29 is 14.6 Å². The molecule has 1 N–H and O–H groups in total. The molecule has 0 spiro atoms. The van der Waals surface area contributed by atoms with Crippen LogP contribution in [0.4, 0.5) is 0 Å². The molecule has 0 aliphatic carbocycles. The summed E-state index contributed by atoms with van der Waals surface area (Å²) in [5.74, 6) is 1.88. The van der Waals surface area contributed by atoms with Crippen molar-refractivity contribution in [1.82, 2.24) is 14.8 Å². The molecular formula is C25H26ClN3O3S. The van der Waals surface area contributed by atoms with Gasteiger partial charge in [0.1, 0.15) is 12.4 Å². The van der Waals surface area contributed by atoms with Gasteiger partial charge < -0.3 is 19.1 Å². The zero-order chi connectivity index (χ0) is 23.0. The maximum atomic E-state index is 10.5. The van der Waals surface area contributed by atoms with Crippen molar-refractivity contribution in [2.45, 2.75) is 24.2 Å². The number of ether oxygens (including phenoxy) is 2. The fraction of sp³-hybridized carbons (Fsp3) is 0.280. The number of thioether (sulfide) groups is 1. The van der Waals surface area contributed by atoms with Crippen LogP contribution in [0.5, 0.6) is 5.75 Å². The second-order valence-electron chi connectivity index (χ2n) is 7.57. The summed E-state index contributed by atoms with van der Waals surface area (Å²) in [4.78, 5) is 0. The van der Waals surface area contributed by atoms with Gasteiger partial charge in [-0.15, -0.1) is 10.2 Å². The van der Waals surface area contributed by atoms with E-state index in [0.717, 1.165) is 33.7 Å². The maximum Gasteiger partial charge on any atom is 0.191 e. The van der Waals surface area contributed by atoms with Gasteiger partial charge in [-0.1, -0.05) is 65.8 Å². The standard InChI is InChI=1S/C25H26ClN3O3S/c1-31-14-6-13-29-24(22-9-4-5-10-23(22)26)27-28-25(29)33-17-20(30)16-32-21-12-11-18-7-2-3-8-19(18)15-21/h2-5,7-12,15,20,30H,6,13-14,16-17H2,1H3. The van der Waals surface area contributed by atoms with Gasteiger partial charge in [-0.25, -0.2) is 0 Å². The van der Waals surface area contributed by atoms with Crippen LogP contribution in [0, 0.1) is 0 Å². The first-order valence-electron chi connectivity index (χ1n) is 10.7. The van der Waals surface area contributed by atoms with E-state index in [0.29, 0.717) is 29.8 Å². The van der Waals surface area contributed by atoms with E-state index >= 15 is 0 Å². The van der Waals surface area contributed by atoms with Gasteiger partial charge in [0.25, 0.3) is 0 Å². The number of aliphatic hydroxyl groups excluding tert-OH is 1. The molecule has 0 bridgehead atoms. The number of halogens is 1. The monoisotopic (exact) mass is 483 g/mol. The Balaban J connectivity index is 1.40. The van der Waals surface area contributed by atoms with E-state index in [-0.39, 0.29) is 6.61 Å². The molecule has 0 saturated heterocycles. The summed E-state index contributed by atoms with van der Waals surface area (Å²) in [6.45, 7) is 1.51. The first-order chi connectivity index (χ1) is 16.2. The largest absolute Gasteiger partial charge is 0.491 e. The van der Waals surface area contributed by atoms with Crippen LogP contribution in [-0.4, -0.2) is 52.1 Å². The fourth-order valence-electron chi connectivity index (χ4n) is 3.47. The van der Waals surface area contributed by atoms with Gasteiger partial charge in [0.2, 0.25) is 0 Å². The van der Waals surface area contributed by atoms with E-state index in [9.17, 15) is 5.11 Å². The Morgan fingerprint density at radius 1 is 1.03 bits per heavy atom. The van der Waals surface area contributed by atoms with Gasteiger partial charge in [-0.05, 0) is 41.5 Å². The normalized spacial score (nSPS) is 12.2. The number of hydrogen-bond donors (Lipinski definition) is 1. The number of nitrogens with zero attached hydrogens (tertiary/aromatic N) is 3. The van der Waals surface area contributed by atoms with Gasteiger partial charge in [-0.2, -0.15) is 0 Å². The number of benzene rings is 3. The summed E-state index contributed by atoms with van der Waals surface area (Å²) in [5.41, 5.74) is 0.830. The minimum absolute atomic E-state index is 0.195. The first-order valence-corrected chi connectivity index (χ1v) is 12.1. The molecule has 0 aliphatic rings. The molecule has 0 amide bonds. The molecule has 172 valence electrons. The van der Waals surface area contributed by atoms with Crippen molar-refractivity contribution >= 4 is 34.1 Å². The lowest BCUT2D eigenvalue weighted by Crippen LogP contribution is -2.20. The Kier molecular flexibility index (Phi) is 8.23. The molecule has 8 heteroatoms. The second-order valence-corrected chi connectivity index (χ2v) is 8.96. The predicted octanol–water partition coefficient (Wildman–Crippen LogP) is 5.32. The average molecular weight is 484 g/mol. The van der Waals surface area contributed by atoms with Crippen molar-refractivity contribution in [2.24, 2.45) is 0 Å². The van der Waals surface area contributed by atoms with Gasteiger partial charge >= 0.3 is 0 Å². The summed E-state index contributed by atoms with van der Waals surface area (Å²) < 4.78 is 13.1. The van der Waals surface area contributed by atoms with Gasteiger partial charge in [0.15, 0.2) is 11.0 Å². The topological polar surface area (TPSA) is 69.4 Å². The number of hydrogen-bond acceptors (Lipinski definition) is 6. The molecule has 0 radical (unpaired) electrons. The Labute approximate surface area is 202 Å². The minimum Gasteiger partial charge on any atom is -0.491 e. The molecule has 1 atom stereocenters. The summed E-state index contributed by atoms with van der Waals surface area (Å²) in [5, 5.41) is 22.9. The van der Waals surface area contributed by atoms with Crippen LogP contribution in [0.3, 0.4) is 0 Å². The summed E-state index contributed by atoms with van der Waals surface area (Å²) in [6, 6.07) is 21.6. The van der Waals surface area contributed by atoms with Crippen molar-refractivity contribution in [3.63, 3.8) is 0 Å². The highest BCUT2D eigenvalue weighted by atomic mass is 35.5. The second kappa shape index (κ2) is 11.5. The van der Waals surface area contributed by atoms with E-state index in [2.05, 4.69) is 16.3 Å². The summed E-state index contributed by atoms with van der Waals surface area (Å²) in [7, 11) is 1.68. The lowest BCUT2D eigenvalue weighted by atomic mass is 10.1. The molecular weight excluding hydrogens is 458 g/mol. The Morgan fingerprint density at radius 3 is 2.64 bits per heavy atom. The third-order valence-electron chi connectivity index (χ3n) is 5.13. The van der Waals surface area contributed by atoms with E-state index < -0.39 is 6.10 Å². The quantitative estimate of drug-likeness (QED) is 0.230. The van der Waals surface area contributed by atoms with Crippen molar-refractivity contribution in [3.05, 3.63) is 71.8 Å². The molecule has 3 aromatic carbocycles. The molecule has 1 unspecified atom stereocenters. The van der Waals surface area contributed by atoms with Crippen LogP contribution >= 0.6 is 23.4 Å². The molecule has 4 aromatic rings. The highest BCUT2D eigenvalue weighted by Gasteiger charge is 2.18. The third-order valence-corrected chi connectivity index (χ3v) is 6.57. The zero-order valence-electron chi connectivity index (χ0n) is 18.4. The number of aliphatic hydroxyl groups is 1. The Bertz CT molecular complexity index is 1200. The fourth-order valence-corrected chi connectivity index (χ4v) is 4.56. The summed E-state index contributed by atoms with van der Waals surface area (Å²) >= 11 is 7.84. The van der Waals surface area contributed by atoms with Crippen molar-refractivity contribution in [3.8, 4) is 17.1 Å². The number of fused-ring (bicyclic) bond motifs is 1. The molecule has 0 aliphatic heterocycles. The van der Waals surface area contributed by atoms with Crippen LogP contribution in [0.15, 0.2) is 71.9 Å². The average Bonchev–Trinajstić information content (AvgIpc) is 3.24. The predicted molar refractivity (Wildman–Crippen MR) is 133 cm³/mol. The van der Waals surface area contributed by atoms with E-state index in [4.69, 9.17) is 21.1 Å². The lowest BCUT2D eigenvalue weighted by molar-refractivity contribution is 0.126. The van der Waals surface area contributed by atoms with Crippen LogP contribution in [0.1, 0.15) is 6.42 Å². The van der Waals surface area contributed by atoms with Crippen LogP contribution in [0.2, 0.25) is 5.02 Å². The summed E-state index contributed by atoms with van der Waals surface area (Å²) in [6.07, 6.45) is 0.155. The third kappa shape index (κ3) is 6.06.